The lowest BCUT2D eigenvalue weighted by atomic mass is 10.2. The third kappa shape index (κ3) is 3.33. The summed E-state index contributed by atoms with van der Waals surface area (Å²) < 4.78 is 4.49. The minimum atomic E-state index is 0.578. The summed E-state index contributed by atoms with van der Waals surface area (Å²) in [5.41, 5.74) is 3.22. The number of hydrogen-bond donors (Lipinski definition) is 1. The van der Waals surface area contributed by atoms with Gasteiger partial charge in [-0.15, -0.1) is 10.2 Å². The van der Waals surface area contributed by atoms with Gasteiger partial charge in [0.1, 0.15) is 12.2 Å². The lowest BCUT2D eigenvalue weighted by Crippen LogP contribution is -2.01. The van der Waals surface area contributed by atoms with Gasteiger partial charge in [-0.25, -0.2) is 0 Å². The van der Waals surface area contributed by atoms with Crippen LogP contribution in [0.5, 0.6) is 0 Å². The number of aromatic amines is 1. The number of rotatable bonds is 5. The van der Waals surface area contributed by atoms with Crippen LogP contribution in [0.1, 0.15) is 11.4 Å². The maximum atomic E-state index is 5.41. The van der Waals surface area contributed by atoms with Gasteiger partial charge in [0.25, 0.3) is 0 Å². The molecule has 8 heteroatoms. The second-order valence-corrected chi connectivity index (χ2v) is 7.05. The molecule has 6 nitrogen and oxygen atoms in total. The number of benzene rings is 2. The molecule has 0 saturated heterocycles. The average Bonchev–Trinajstić information content (AvgIpc) is 3.28. The van der Waals surface area contributed by atoms with Crippen molar-refractivity contribution in [2.45, 2.75) is 17.8 Å². The van der Waals surface area contributed by atoms with Crippen LogP contribution in [0.2, 0.25) is 0 Å². The van der Waals surface area contributed by atoms with Crippen molar-refractivity contribution in [2.24, 2.45) is 0 Å². The Bertz CT molecular complexity index is 1060. The van der Waals surface area contributed by atoms with Gasteiger partial charge in [-0.05, 0) is 43.4 Å². The van der Waals surface area contributed by atoms with Crippen LogP contribution in [0.4, 0.5) is 0 Å². The van der Waals surface area contributed by atoms with Crippen LogP contribution < -0.4 is 0 Å². The van der Waals surface area contributed by atoms with Gasteiger partial charge in [-0.1, -0.05) is 47.7 Å². The van der Waals surface area contributed by atoms with Crippen molar-refractivity contribution in [3.8, 4) is 11.4 Å². The third-order valence-corrected chi connectivity index (χ3v) is 5.13. The first-order valence-electron chi connectivity index (χ1n) is 8.04. The highest BCUT2D eigenvalue weighted by Gasteiger charge is 2.12. The SMILES string of the molecule is Cc1ccc(-n2c(CSc3nncn3-c3ccccc3)n[nH]c2=S)cc1. The summed E-state index contributed by atoms with van der Waals surface area (Å²) in [6.07, 6.45) is 1.72. The second-order valence-electron chi connectivity index (χ2n) is 5.72. The molecule has 130 valence electrons. The van der Waals surface area contributed by atoms with E-state index in [4.69, 9.17) is 12.2 Å². The van der Waals surface area contributed by atoms with E-state index < -0.39 is 0 Å². The zero-order chi connectivity index (χ0) is 17.9. The van der Waals surface area contributed by atoms with Gasteiger partial charge >= 0.3 is 0 Å². The van der Waals surface area contributed by atoms with Gasteiger partial charge in [0.15, 0.2) is 9.93 Å². The van der Waals surface area contributed by atoms with Gasteiger partial charge in [0.2, 0.25) is 0 Å². The maximum Gasteiger partial charge on any atom is 0.199 e. The van der Waals surface area contributed by atoms with E-state index in [1.54, 1.807) is 18.1 Å². The molecule has 4 rings (SSSR count). The maximum absolute atomic E-state index is 5.41. The van der Waals surface area contributed by atoms with Crippen molar-refractivity contribution >= 4 is 24.0 Å². The Labute approximate surface area is 159 Å². The number of nitrogens with zero attached hydrogens (tertiary/aromatic N) is 5. The Morgan fingerprint density at radius 3 is 2.58 bits per heavy atom. The molecule has 0 atom stereocenters. The summed E-state index contributed by atoms with van der Waals surface area (Å²) in [5.74, 6) is 1.46. The van der Waals surface area contributed by atoms with Gasteiger partial charge < -0.3 is 0 Å². The van der Waals surface area contributed by atoms with Crippen molar-refractivity contribution in [3.63, 3.8) is 0 Å². The van der Waals surface area contributed by atoms with Crippen LogP contribution in [0, 0.1) is 11.7 Å². The smallest absolute Gasteiger partial charge is 0.199 e. The predicted molar refractivity (Wildman–Crippen MR) is 104 cm³/mol. The molecule has 1 N–H and O–H groups in total. The minimum Gasteiger partial charge on any atom is -0.277 e. The van der Waals surface area contributed by atoms with Crippen molar-refractivity contribution < 1.29 is 0 Å². The summed E-state index contributed by atoms with van der Waals surface area (Å²) >= 11 is 6.97. The van der Waals surface area contributed by atoms with Crippen molar-refractivity contribution in [2.75, 3.05) is 0 Å². The Morgan fingerprint density at radius 2 is 1.81 bits per heavy atom. The Morgan fingerprint density at radius 1 is 1.04 bits per heavy atom. The normalized spacial score (nSPS) is 11.0. The number of hydrogen-bond acceptors (Lipinski definition) is 5. The molecule has 0 aliphatic heterocycles. The zero-order valence-electron chi connectivity index (χ0n) is 14.0. The van der Waals surface area contributed by atoms with Crippen LogP contribution in [0.15, 0.2) is 66.1 Å². The minimum absolute atomic E-state index is 0.578. The molecule has 26 heavy (non-hydrogen) atoms. The highest BCUT2D eigenvalue weighted by molar-refractivity contribution is 7.98. The monoisotopic (exact) mass is 380 g/mol. The summed E-state index contributed by atoms with van der Waals surface area (Å²) in [7, 11) is 0. The van der Waals surface area contributed by atoms with E-state index in [0.29, 0.717) is 10.5 Å². The van der Waals surface area contributed by atoms with Gasteiger partial charge in [-0.3, -0.25) is 14.2 Å². The summed E-state index contributed by atoms with van der Waals surface area (Å²) in [5, 5.41) is 16.4. The highest BCUT2D eigenvalue weighted by Crippen LogP contribution is 2.24. The molecule has 0 bridgehead atoms. The highest BCUT2D eigenvalue weighted by atomic mass is 32.2. The summed E-state index contributed by atoms with van der Waals surface area (Å²) in [6.45, 7) is 2.06. The first kappa shape index (κ1) is 16.7. The molecule has 2 aromatic heterocycles. The lowest BCUT2D eigenvalue weighted by molar-refractivity contribution is 0.877. The van der Waals surface area contributed by atoms with Gasteiger partial charge in [-0.2, -0.15) is 5.10 Å². The molecular formula is C18H16N6S2. The number of H-pyrrole nitrogens is 1. The molecule has 0 aliphatic carbocycles. The van der Waals surface area contributed by atoms with E-state index in [1.165, 1.54) is 5.56 Å². The zero-order valence-corrected chi connectivity index (χ0v) is 15.7. The van der Waals surface area contributed by atoms with E-state index in [9.17, 15) is 0 Å². The van der Waals surface area contributed by atoms with E-state index in [0.717, 1.165) is 22.4 Å². The molecule has 2 heterocycles. The number of nitrogens with one attached hydrogen (secondary N) is 1. The first-order chi connectivity index (χ1) is 12.7. The third-order valence-electron chi connectivity index (χ3n) is 3.92. The largest absolute Gasteiger partial charge is 0.277 e. The van der Waals surface area contributed by atoms with Gasteiger partial charge in [0, 0.05) is 11.4 Å². The van der Waals surface area contributed by atoms with Crippen LogP contribution >= 0.6 is 24.0 Å². The second kappa shape index (κ2) is 7.27. The van der Waals surface area contributed by atoms with Crippen LogP contribution in [0.25, 0.3) is 11.4 Å². The van der Waals surface area contributed by atoms with E-state index in [-0.39, 0.29) is 0 Å². The Balaban J connectivity index is 1.60. The fraction of sp³-hybridized carbons (Fsp3) is 0.111. The van der Waals surface area contributed by atoms with Gasteiger partial charge in [0.05, 0.1) is 5.75 Å². The van der Waals surface area contributed by atoms with E-state index in [2.05, 4.69) is 39.5 Å². The number of thioether (sulfide) groups is 1. The molecule has 0 radical (unpaired) electrons. The fourth-order valence-corrected chi connectivity index (χ4v) is 3.71. The fourth-order valence-electron chi connectivity index (χ4n) is 2.60. The molecule has 4 aromatic rings. The molecule has 0 saturated carbocycles. The molecule has 0 fully saturated rings. The molecule has 0 aliphatic rings. The van der Waals surface area contributed by atoms with Crippen LogP contribution in [-0.2, 0) is 5.75 Å². The molecule has 0 amide bonds. The van der Waals surface area contributed by atoms with E-state index in [1.807, 2.05) is 51.6 Å². The number of para-hydroxylation sites is 1. The number of aromatic nitrogens is 6. The number of aryl methyl sites for hydroxylation is 1. The Kier molecular flexibility index (Phi) is 4.68. The predicted octanol–water partition coefficient (Wildman–Crippen LogP) is 4.11. The van der Waals surface area contributed by atoms with Crippen LogP contribution in [0.3, 0.4) is 0 Å². The average molecular weight is 381 g/mol. The molecule has 2 aromatic carbocycles. The summed E-state index contributed by atoms with van der Waals surface area (Å²) in [6, 6.07) is 18.2. The van der Waals surface area contributed by atoms with Crippen molar-refractivity contribution in [1.29, 1.82) is 0 Å². The summed E-state index contributed by atoms with van der Waals surface area (Å²) in [4.78, 5) is 0. The molecule has 0 spiro atoms. The Hall–Kier alpha value is -2.71. The van der Waals surface area contributed by atoms with Crippen molar-refractivity contribution in [1.82, 2.24) is 29.5 Å². The van der Waals surface area contributed by atoms with Crippen LogP contribution in [-0.4, -0.2) is 29.5 Å². The first-order valence-corrected chi connectivity index (χ1v) is 9.43. The lowest BCUT2D eigenvalue weighted by Gasteiger charge is -2.08. The topological polar surface area (TPSA) is 64.3 Å². The van der Waals surface area contributed by atoms with Crippen molar-refractivity contribution in [3.05, 3.63) is 77.1 Å². The standard InChI is InChI=1S/C18H16N6S2/c1-13-7-9-15(10-8-13)24-16(20-21-17(24)25)11-26-18-22-19-12-23(18)14-5-3-2-4-6-14/h2-10,12H,11H2,1H3,(H,21,25). The quantitative estimate of drug-likeness (QED) is 0.417. The van der Waals surface area contributed by atoms with E-state index >= 15 is 0 Å². The molecular weight excluding hydrogens is 364 g/mol. The molecule has 0 unspecified atom stereocenters.